The lowest BCUT2D eigenvalue weighted by molar-refractivity contribution is 0.131. The Bertz CT molecular complexity index is 337. The third kappa shape index (κ3) is 2.13. The number of nitrogens with zero attached hydrogens (tertiary/aromatic N) is 3. The molecule has 2 atom stereocenters. The minimum atomic E-state index is 0.258. The van der Waals surface area contributed by atoms with Gasteiger partial charge < -0.3 is 9.67 Å². The Labute approximate surface area is 96.9 Å². The first kappa shape index (κ1) is 11.6. The molecule has 0 bridgehead atoms. The lowest BCUT2D eigenvalue weighted by Gasteiger charge is -2.24. The summed E-state index contributed by atoms with van der Waals surface area (Å²) in [5, 5.41) is 9.39. The molecule has 0 radical (unpaired) electrons. The predicted octanol–water partition coefficient (Wildman–Crippen LogP) is 1.11. The quantitative estimate of drug-likeness (QED) is 0.831. The smallest absolute Gasteiger partial charge is 0.122 e. The first-order chi connectivity index (χ1) is 7.76. The van der Waals surface area contributed by atoms with Crippen molar-refractivity contribution >= 4 is 0 Å². The Kier molecular flexibility index (Phi) is 3.61. The van der Waals surface area contributed by atoms with Gasteiger partial charge in [-0.1, -0.05) is 6.92 Å². The summed E-state index contributed by atoms with van der Waals surface area (Å²) in [7, 11) is 0. The molecule has 0 aromatic carbocycles. The number of aliphatic hydroxyl groups excluding tert-OH is 1. The SMILES string of the molecule is CCn1ccnc1CN1CCC(C)C1CO. The van der Waals surface area contributed by atoms with Crippen LogP contribution >= 0.6 is 0 Å². The van der Waals surface area contributed by atoms with E-state index in [1.807, 2.05) is 12.4 Å². The van der Waals surface area contributed by atoms with Crippen molar-refractivity contribution in [3.63, 3.8) is 0 Å². The Hall–Kier alpha value is -0.870. The number of likely N-dealkylation sites (tertiary alicyclic amines) is 1. The lowest BCUT2D eigenvalue weighted by Crippen LogP contribution is -2.35. The molecule has 4 nitrogen and oxygen atoms in total. The minimum absolute atomic E-state index is 0.258. The van der Waals surface area contributed by atoms with E-state index in [1.54, 1.807) is 0 Å². The number of aliphatic hydroxyl groups is 1. The molecule has 1 fully saturated rings. The summed E-state index contributed by atoms with van der Waals surface area (Å²) in [4.78, 5) is 6.73. The third-order valence-corrected chi connectivity index (χ3v) is 3.67. The summed E-state index contributed by atoms with van der Waals surface area (Å²) in [6, 6.07) is 0.307. The number of imidazole rings is 1. The van der Waals surface area contributed by atoms with Gasteiger partial charge in [-0.15, -0.1) is 0 Å². The Balaban J connectivity index is 2.04. The number of aromatic nitrogens is 2. The van der Waals surface area contributed by atoms with Crippen LogP contribution in [0, 0.1) is 5.92 Å². The first-order valence-corrected chi connectivity index (χ1v) is 6.11. The van der Waals surface area contributed by atoms with Crippen LogP contribution in [0.4, 0.5) is 0 Å². The molecule has 4 heteroatoms. The van der Waals surface area contributed by atoms with Gasteiger partial charge in [0.05, 0.1) is 13.2 Å². The molecule has 2 heterocycles. The van der Waals surface area contributed by atoms with Crippen LogP contribution in [0.5, 0.6) is 0 Å². The summed E-state index contributed by atoms with van der Waals surface area (Å²) >= 11 is 0. The molecule has 0 aliphatic carbocycles. The van der Waals surface area contributed by atoms with Crippen molar-refractivity contribution in [2.75, 3.05) is 13.2 Å². The highest BCUT2D eigenvalue weighted by molar-refractivity contribution is 4.95. The molecular formula is C12H21N3O. The molecule has 1 aromatic heterocycles. The molecule has 2 rings (SSSR count). The van der Waals surface area contributed by atoms with Gasteiger partial charge in [0.25, 0.3) is 0 Å². The average Bonchev–Trinajstić information content (AvgIpc) is 2.86. The van der Waals surface area contributed by atoms with Gasteiger partial charge in [-0.3, -0.25) is 4.90 Å². The second-order valence-electron chi connectivity index (χ2n) is 4.62. The molecule has 0 spiro atoms. The van der Waals surface area contributed by atoms with Crippen LogP contribution < -0.4 is 0 Å². The Morgan fingerprint density at radius 2 is 2.38 bits per heavy atom. The summed E-state index contributed by atoms with van der Waals surface area (Å²) in [5.74, 6) is 1.70. The number of rotatable bonds is 4. The number of aryl methyl sites for hydroxylation is 1. The van der Waals surface area contributed by atoms with Gasteiger partial charge in [0.1, 0.15) is 5.82 Å². The minimum Gasteiger partial charge on any atom is -0.395 e. The van der Waals surface area contributed by atoms with E-state index in [2.05, 4.69) is 28.3 Å². The van der Waals surface area contributed by atoms with Crippen LogP contribution in [0.3, 0.4) is 0 Å². The monoisotopic (exact) mass is 223 g/mol. The molecule has 1 N–H and O–H groups in total. The van der Waals surface area contributed by atoms with Gasteiger partial charge in [-0.25, -0.2) is 4.98 Å². The summed E-state index contributed by atoms with van der Waals surface area (Å²) < 4.78 is 2.16. The Morgan fingerprint density at radius 3 is 3.06 bits per heavy atom. The van der Waals surface area contributed by atoms with E-state index in [-0.39, 0.29) is 6.61 Å². The van der Waals surface area contributed by atoms with Crippen LogP contribution in [-0.4, -0.2) is 38.8 Å². The normalized spacial score (nSPS) is 26.4. The van der Waals surface area contributed by atoms with Crippen LogP contribution in [0.25, 0.3) is 0 Å². The predicted molar refractivity (Wildman–Crippen MR) is 63.0 cm³/mol. The van der Waals surface area contributed by atoms with Crippen molar-refractivity contribution in [1.82, 2.24) is 14.5 Å². The zero-order valence-electron chi connectivity index (χ0n) is 10.1. The maximum absolute atomic E-state index is 9.39. The maximum Gasteiger partial charge on any atom is 0.122 e. The van der Waals surface area contributed by atoms with E-state index in [0.29, 0.717) is 12.0 Å². The van der Waals surface area contributed by atoms with Gasteiger partial charge in [0, 0.05) is 25.0 Å². The fraction of sp³-hybridized carbons (Fsp3) is 0.750. The molecule has 1 aliphatic heterocycles. The zero-order valence-corrected chi connectivity index (χ0v) is 10.1. The van der Waals surface area contributed by atoms with E-state index in [9.17, 15) is 5.11 Å². The lowest BCUT2D eigenvalue weighted by atomic mass is 10.0. The molecular weight excluding hydrogens is 202 g/mol. The molecule has 1 aromatic rings. The highest BCUT2D eigenvalue weighted by Gasteiger charge is 2.30. The van der Waals surface area contributed by atoms with Gasteiger partial charge >= 0.3 is 0 Å². The van der Waals surface area contributed by atoms with Crippen LogP contribution in [0.2, 0.25) is 0 Å². The van der Waals surface area contributed by atoms with E-state index in [1.165, 1.54) is 6.42 Å². The van der Waals surface area contributed by atoms with Crippen molar-refractivity contribution in [3.05, 3.63) is 18.2 Å². The summed E-state index contributed by atoms with van der Waals surface area (Å²) in [6.45, 7) is 7.49. The molecule has 90 valence electrons. The standard InChI is InChI=1S/C12H21N3O/c1-3-14-7-5-13-12(14)8-15-6-4-10(2)11(15)9-16/h5,7,10-11,16H,3-4,6,8-9H2,1-2H3. The number of hydrogen-bond acceptors (Lipinski definition) is 3. The highest BCUT2D eigenvalue weighted by atomic mass is 16.3. The molecule has 0 saturated carbocycles. The van der Waals surface area contributed by atoms with Gasteiger partial charge in [-0.2, -0.15) is 0 Å². The fourth-order valence-electron chi connectivity index (χ4n) is 2.54. The zero-order chi connectivity index (χ0) is 11.5. The molecule has 16 heavy (non-hydrogen) atoms. The molecule has 2 unspecified atom stereocenters. The van der Waals surface area contributed by atoms with Crippen LogP contribution in [-0.2, 0) is 13.1 Å². The van der Waals surface area contributed by atoms with Crippen LogP contribution in [0.15, 0.2) is 12.4 Å². The van der Waals surface area contributed by atoms with E-state index < -0.39 is 0 Å². The second kappa shape index (κ2) is 4.97. The van der Waals surface area contributed by atoms with Gasteiger partial charge in [-0.05, 0) is 25.8 Å². The van der Waals surface area contributed by atoms with E-state index in [0.717, 1.165) is 25.5 Å². The van der Waals surface area contributed by atoms with Crippen molar-refractivity contribution in [1.29, 1.82) is 0 Å². The molecule has 1 aliphatic rings. The fourth-order valence-corrected chi connectivity index (χ4v) is 2.54. The average molecular weight is 223 g/mol. The van der Waals surface area contributed by atoms with Gasteiger partial charge in [0.15, 0.2) is 0 Å². The largest absolute Gasteiger partial charge is 0.395 e. The van der Waals surface area contributed by atoms with E-state index >= 15 is 0 Å². The highest BCUT2D eigenvalue weighted by Crippen LogP contribution is 2.24. The van der Waals surface area contributed by atoms with Crippen molar-refractivity contribution < 1.29 is 5.11 Å². The van der Waals surface area contributed by atoms with Crippen molar-refractivity contribution in [3.8, 4) is 0 Å². The number of hydrogen-bond donors (Lipinski definition) is 1. The second-order valence-corrected chi connectivity index (χ2v) is 4.62. The topological polar surface area (TPSA) is 41.3 Å². The van der Waals surface area contributed by atoms with Crippen molar-refractivity contribution in [2.45, 2.75) is 39.4 Å². The van der Waals surface area contributed by atoms with Crippen LogP contribution in [0.1, 0.15) is 26.1 Å². The maximum atomic E-state index is 9.39. The summed E-state index contributed by atoms with van der Waals surface area (Å²) in [6.07, 6.45) is 5.05. The third-order valence-electron chi connectivity index (χ3n) is 3.67. The molecule has 0 amide bonds. The molecule has 1 saturated heterocycles. The van der Waals surface area contributed by atoms with Crippen molar-refractivity contribution in [2.24, 2.45) is 5.92 Å². The Morgan fingerprint density at radius 1 is 1.56 bits per heavy atom. The van der Waals surface area contributed by atoms with E-state index in [4.69, 9.17) is 0 Å². The summed E-state index contributed by atoms with van der Waals surface area (Å²) in [5.41, 5.74) is 0. The van der Waals surface area contributed by atoms with Gasteiger partial charge in [0.2, 0.25) is 0 Å². The first-order valence-electron chi connectivity index (χ1n) is 6.11.